The molecule has 0 amide bonds. The number of hydrogen-bond donors (Lipinski definition) is 0. The summed E-state index contributed by atoms with van der Waals surface area (Å²) in [5.41, 5.74) is 0. The molecule has 0 saturated carbocycles. The Balaban J connectivity index is -0.00000480. The van der Waals surface area contributed by atoms with Gasteiger partial charge in [-0.2, -0.15) is 70.2 Å². The van der Waals surface area contributed by atoms with Crippen molar-refractivity contribution in [1.82, 2.24) is 0 Å². The summed E-state index contributed by atoms with van der Waals surface area (Å²) in [5, 5.41) is -16.1. The first-order valence-electron chi connectivity index (χ1n) is 6.18. The maximum Gasteiger partial charge on any atom is 1.00 e. The summed E-state index contributed by atoms with van der Waals surface area (Å²) in [5.74, 6) is -53.3. The smallest absolute Gasteiger partial charge is 0.743 e. The van der Waals surface area contributed by atoms with Gasteiger partial charge in [0.2, 0.25) is 0 Å². The Hall–Kier alpha value is 1.97. The van der Waals surface area contributed by atoms with Gasteiger partial charge in [-0.05, 0) is 0 Å². The van der Waals surface area contributed by atoms with E-state index in [2.05, 4.69) is 0 Å². The zero-order chi connectivity index (χ0) is 27.0. The van der Waals surface area contributed by atoms with E-state index in [1.807, 2.05) is 0 Å². The molecule has 0 saturated heterocycles. The predicted molar refractivity (Wildman–Crippen MR) is 59.0 cm³/mol. The van der Waals surface area contributed by atoms with Crippen LogP contribution in [0.3, 0.4) is 0 Å². The molecule has 26 heteroatoms. The Morgan fingerprint density at radius 3 is 0.588 bits per heavy atom. The molecule has 0 bridgehead atoms. The van der Waals surface area contributed by atoms with Crippen molar-refractivity contribution in [1.29, 1.82) is 0 Å². The van der Waals surface area contributed by atoms with Gasteiger partial charge in [0, 0.05) is 0 Å². The van der Waals surface area contributed by atoms with E-state index in [1.54, 1.807) is 0 Å². The van der Waals surface area contributed by atoms with Crippen LogP contribution in [0.1, 0.15) is 0 Å². The molecule has 6 nitrogen and oxygen atoms in total. The van der Waals surface area contributed by atoms with Crippen molar-refractivity contribution in [2.75, 3.05) is 0 Å². The zero-order valence-electron chi connectivity index (χ0n) is 15.3. The van der Waals surface area contributed by atoms with Gasteiger partial charge in [-0.25, -0.2) is 16.8 Å². The molecule has 0 radical (unpaired) electrons. The van der Waals surface area contributed by atoms with Crippen LogP contribution in [0, 0.1) is 0 Å². The Morgan fingerprint density at radius 2 is 0.471 bits per heavy atom. The molecule has 194 valence electrons. The summed E-state index contributed by atoms with van der Waals surface area (Å²) in [6.07, 6.45) is 0. The fourth-order valence-corrected chi connectivity index (χ4v) is 2.35. The summed E-state index contributed by atoms with van der Waals surface area (Å²) >= 11 is 0. The van der Waals surface area contributed by atoms with Crippen LogP contribution in [0.5, 0.6) is 0 Å². The molecule has 0 atom stereocenters. The fraction of sp³-hybridized carbons (Fsp3) is 1.00. The van der Waals surface area contributed by atoms with E-state index in [0.29, 0.717) is 0 Å². The van der Waals surface area contributed by atoms with E-state index in [9.17, 15) is 96.2 Å². The molecule has 0 rings (SSSR count). The third-order valence-corrected chi connectivity index (χ3v) is 5.10. The van der Waals surface area contributed by atoms with Gasteiger partial charge in [0.05, 0.1) is 0 Å². The Bertz CT molecular complexity index is 884. The van der Waals surface area contributed by atoms with Crippen molar-refractivity contribution in [3.05, 3.63) is 0 Å². The first-order valence-corrected chi connectivity index (χ1v) is 9.00. The van der Waals surface area contributed by atoms with Crippen molar-refractivity contribution in [3.63, 3.8) is 0 Å². The second kappa shape index (κ2) is 10.5. The van der Waals surface area contributed by atoms with Crippen molar-refractivity contribution in [3.8, 4) is 0 Å². The molecule has 0 aromatic rings. The molecule has 0 unspecified atom stereocenters. The molecule has 0 aromatic carbocycles. The summed E-state index contributed by atoms with van der Waals surface area (Å²) in [6, 6.07) is 0. The van der Waals surface area contributed by atoms with Gasteiger partial charge >= 0.3 is 149 Å². The third-order valence-electron chi connectivity index (χ3n) is 3.33. The van der Waals surface area contributed by atoms with Crippen molar-refractivity contribution in [2.45, 2.75) is 46.0 Å². The minimum absolute atomic E-state index is 0. The Kier molecular flexibility index (Phi) is 12.5. The Labute approximate surface area is 261 Å². The minimum atomic E-state index is -9.08. The predicted octanol–water partition coefficient (Wildman–Crippen LogP) is -2.92. The SMILES string of the molecule is O=S(=O)([O-])C(F)(F)C(F)(F)C(F)(F)C(F)(F)C(F)(F)C(F)(F)C(F)(F)C(F)(F)S(=O)(=O)[O-].[K+].[K+]. The largest absolute Gasteiger partial charge is 1.00 e. The van der Waals surface area contributed by atoms with E-state index in [-0.39, 0.29) is 103 Å². The van der Waals surface area contributed by atoms with Crippen molar-refractivity contribution in [2.24, 2.45) is 0 Å². The molecule has 34 heavy (non-hydrogen) atoms. The van der Waals surface area contributed by atoms with Crippen LogP contribution in [0.15, 0.2) is 0 Å². The van der Waals surface area contributed by atoms with Crippen LogP contribution in [0.25, 0.3) is 0 Å². The molecule has 0 N–H and O–H groups in total. The van der Waals surface area contributed by atoms with Crippen molar-refractivity contribution >= 4 is 20.2 Å². The van der Waals surface area contributed by atoms with Crippen LogP contribution in [0.4, 0.5) is 70.2 Å². The van der Waals surface area contributed by atoms with E-state index >= 15 is 0 Å². The van der Waals surface area contributed by atoms with Crippen molar-refractivity contribution < 1.29 is 199 Å². The molecular weight excluding hydrogens is 638 g/mol. The molecule has 0 heterocycles. The number of alkyl halides is 16. The maximum atomic E-state index is 13.2. The van der Waals surface area contributed by atoms with Gasteiger partial charge < -0.3 is 9.11 Å². The monoisotopic (exact) mass is 638 g/mol. The van der Waals surface area contributed by atoms with Crippen LogP contribution in [-0.2, 0) is 20.2 Å². The standard InChI is InChI=1S/C8H2F16O6S2.2K/c9-1(10,3(13,14)5(17,18)7(21,22)31(25,26)27)2(11,12)4(15,16)6(19,20)8(23,24)32(28,29)30;;/h(H,25,26,27)(H,28,29,30);;/q;2*+1/p-2. The van der Waals surface area contributed by atoms with Crippen LogP contribution >= 0.6 is 0 Å². The zero-order valence-corrected chi connectivity index (χ0v) is 23.2. The first-order chi connectivity index (χ1) is 13.2. The van der Waals surface area contributed by atoms with E-state index in [4.69, 9.17) is 0 Å². The summed E-state index contributed by atoms with van der Waals surface area (Å²) in [7, 11) is -16.4. The molecule has 0 aliphatic heterocycles. The number of rotatable bonds is 9. The van der Waals surface area contributed by atoms with Gasteiger partial charge in [0.1, 0.15) is 0 Å². The van der Waals surface area contributed by atoms with Gasteiger partial charge in [0.25, 0.3) is 0 Å². The van der Waals surface area contributed by atoms with Crippen LogP contribution in [0.2, 0.25) is 0 Å². The van der Waals surface area contributed by atoms with Gasteiger partial charge in [-0.3, -0.25) is 0 Å². The van der Waals surface area contributed by atoms with E-state index < -0.39 is 66.3 Å². The van der Waals surface area contributed by atoms with E-state index in [0.717, 1.165) is 0 Å². The number of hydrogen-bond acceptors (Lipinski definition) is 6. The molecule has 0 spiro atoms. The Morgan fingerprint density at radius 1 is 0.353 bits per heavy atom. The first kappa shape index (κ1) is 40.5. The summed E-state index contributed by atoms with van der Waals surface area (Å²) < 4.78 is 268. The summed E-state index contributed by atoms with van der Waals surface area (Å²) in [4.78, 5) is 0. The van der Waals surface area contributed by atoms with E-state index in [1.165, 1.54) is 0 Å². The van der Waals surface area contributed by atoms with Gasteiger partial charge in [0.15, 0.2) is 20.2 Å². The second-order valence-corrected chi connectivity index (χ2v) is 8.23. The third kappa shape index (κ3) is 5.36. The van der Waals surface area contributed by atoms with Gasteiger partial charge in [-0.1, -0.05) is 0 Å². The van der Waals surface area contributed by atoms with Gasteiger partial charge in [-0.15, -0.1) is 0 Å². The molecule has 0 aliphatic rings. The number of halogens is 16. The van der Waals surface area contributed by atoms with Crippen LogP contribution in [-0.4, -0.2) is 72.0 Å². The topological polar surface area (TPSA) is 114 Å². The normalized spacial score (nSPS) is 15.9. The quantitative estimate of drug-likeness (QED) is 0.152. The average molecular weight is 638 g/mol. The molecule has 0 aromatic heterocycles. The molecule has 0 fully saturated rings. The molecular formula is C8F16K2O6S2. The molecule has 0 aliphatic carbocycles. The second-order valence-electron chi connectivity index (χ2n) is 5.39. The fourth-order valence-electron chi connectivity index (χ4n) is 1.47. The van der Waals surface area contributed by atoms with Crippen LogP contribution < -0.4 is 103 Å². The average Bonchev–Trinajstić information content (AvgIpc) is 2.51. The summed E-state index contributed by atoms with van der Waals surface area (Å²) in [6.45, 7) is 0. The maximum absolute atomic E-state index is 13.2. The minimum Gasteiger partial charge on any atom is -0.743 e.